The van der Waals surface area contributed by atoms with Gasteiger partial charge in [-0.05, 0) is 19.1 Å². The molecule has 0 aromatic rings. The van der Waals surface area contributed by atoms with Crippen molar-refractivity contribution in [1.29, 1.82) is 0 Å². The molecule has 0 aromatic carbocycles. The van der Waals surface area contributed by atoms with Crippen LogP contribution in [0.25, 0.3) is 0 Å². The minimum Gasteiger partial charge on any atom is -0.513 e. The summed E-state index contributed by atoms with van der Waals surface area (Å²) in [6.45, 7) is 1.02. The molecular formula is C12H10F16O2Si. The molecule has 0 fully saturated rings. The third-order valence-corrected chi connectivity index (χ3v) is 5.83. The topological polar surface area (TPSA) is 26.3 Å². The summed E-state index contributed by atoms with van der Waals surface area (Å²) in [5.41, 5.74) is 0. The predicted octanol–water partition coefficient (Wildman–Crippen LogP) is 6.43. The first-order valence-electron chi connectivity index (χ1n) is 7.34. The van der Waals surface area contributed by atoms with Crippen molar-refractivity contribution >= 4 is 14.3 Å². The van der Waals surface area contributed by atoms with E-state index >= 15 is 0 Å². The maximum absolute atomic E-state index is 13.6. The van der Waals surface area contributed by atoms with Crippen LogP contribution in [-0.2, 0) is 9.22 Å². The van der Waals surface area contributed by atoms with E-state index in [-0.39, 0.29) is 0 Å². The lowest BCUT2D eigenvalue weighted by Crippen LogP contribution is -2.70. The van der Waals surface area contributed by atoms with Gasteiger partial charge in [0.05, 0.1) is 0 Å². The Kier molecular flexibility index (Phi) is 7.49. The van der Waals surface area contributed by atoms with E-state index in [9.17, 15) is 75.0 Å². The van der Waals surface area contributed by atoms with Gasteiger partial charge >= 0.3 is 47.9 Å². The van der Waals surface area contributed by atoms with Gasteiger partial charge in [-0.15, -0.1) is 0 Å². The van der Waals surface area contributed by atoms with Crippen LogP contribution in [0.15, 0.2) is 0 Å². The zero-order valence-corrected chi connectivity index (χ0v) is 15.8. The Morgan fingerprint density at radius 2 is 1.00 bits per heavy atom. The Labute approximate surface area is 162 Å². The third-order valence-electron chi connectivity index (χ3n) is 3.64. The Morgan fingerprint density at radius 1 is 0.645 bits per heavy atom. The molecule has 0 rings (SSSR count). The Bertz CT molecular complexity index is 662. The minimum absolute atomic E-state index is 0.509. The van der Waals surface area contributed by atoms with Crippen molar-refractivity contribution in [3.05, 3.63) is 0 Å². The van der Waals surface area contributed by atoms with Gasteiger partial charge in [-0.2, -0.15) is 70.2 Å². The maximum atomic E-state index is 13.6. The number of alkyl halides is 16. The van der Waals surface area contributed by atoms with Gasteiger partial charge < -0.3 is 4.43 Å². The lowest BCUT2D eigenvalue weighted by atomic mass is 9.93. The highest BCUT2D eigenvalue weighted by atomic mass is 28.4. The fourth-order valence-electron chi connectivity index (χ4n) is 1.78. The first-order valence-corrected chi connectivity index (χ1v) is 10.5. The fourth-order valence-corrected chi connectivity index (χ4v) is 3.41. The summed E-state index contributed by atoms with van der Waals surface area (Å²) in [7, 11) is -4.38. The molecule has 0 spiro atoms. The fraction of sp³-hybridized carbons (Fsp3) is 0.917. The molecule has 0 saturated heterocycles. The summed E-state index contributed by atoms with van der Waals surface area (Å²) in [4.78, 5) is 10.6. The van der Waals surface area contributed by atoms with Gasteiger partial charge in [0.15, 0.2) is 0 Å². The molecule has 0 aromatic heterocycles. The molecule has 0 aliphatic carbocycles. The number of hydrogen-bond acceptors (Lipinski definition) is 2. The molecule has 0 bridgehead atoms. The van der Waals surface area contributed by atoms with Crippen LogP contribution in [0.4, 0.5) is 70.2 Å². The standard InChI is InChI=1S/C12H10F16O2Si/c1-31(2,30-5(29)7(15,16)17)4-3-6(13,14)8(18,19)9(20,21)10(22,23)11(24,25)12(26,27)28/h3-4H2,1-2H3. The van der Waals surface area contributed by atoms with Crippen molar-refractivity contribution in [2.45, 2.75) is 67.5 Å². The van der Waals surface area contributed by atoms with Crippen LogP contribution in [0.5, 0.6) is 0 Å². The van der Waals surface area contributed by atoms with Crippen LogP contribution in [0.2, 0.25) is 19.1 Å². The van der Waals surface area contributed by atoms with E-state index in [2.05, 4.69) is 4.43 Å². The Balaban J connectivity index is 5.90. The van der Waals surface area contributed by atoms with Crippen molar-refractivity contribution in [1.82, 2.24) is 0 Å². The van der Waals surface area contributed by atoms with Crippen molar-refractivity contribution in [3.63, 3.8) is 0 Å². The molecule has 0 unspecified atom stereocenters. The van der Waals surface area contributed by atoms with Gasteiger partial charge in [-0.3, -0.25) is 0 Å². The molecule has 19 heteroatoms. The van der Waals surface area contributed by atoms with Gasteiger partial charge in [-0.1, -0.05) is 0 Å². The summed E-state index contributed by atoms with van der Waals surface area (Å²) in [5, 5.41) is 0. The smallest absolute Gasteiger partial charge is 0.489 e. The normalized spacial score (nSPS) is 15.8. The monoisotopic (exact) mass is 518 g/mol. The summed E-state index contributed by atoms with van der Waals surface area (Å²) in [6, 6.07) is -1.73. The number of halogens is 16. The second-order valence-electron chi connectivity index (χ2n) is 6.65. The van der Waals surface area contributed by atoms with E-state index in [0.717, 1.165) is 0 Å². The van der Waals surface area contributed by atoms with Crippen LogP contribution >= 0.6 is 0 Å². The maximum Gasteiger partial charge on any atom is 0.489 e. The van der Waals surface area contributed by atoms with E-state index in [1.54, 1.807) is 0 Å². The van der Waals surface area contributed by atoms with Gasteiger partial charge in [0.2, 0.25) is 8.32 Å². The van der Waals surface area contributed by atoms with Crippen molar-refractivity contribution < 1.29 is 79.5 Å². The highest BCUT2D eigenvalue weighted by molar-refractivity contribution is 6.72. The molecule has 0 radical (unpaired) electrons. The summed E-state index contributed by atoms with van der Waals surface area (Å²) >= 11 is 0. The van der Waals surface area contributed by atoms with Crippen molar-refractivity contribution in [2.75, 3.05) is 0 Å². The largest absolute Gasteiger partial charge is 0.513 e. The average Bonchev–Trinajstić information content (AvgIpc) is 2.50. The van der Waals surface area contributed by atoms with Crippen molar-refractivity contribution in [2.24, 2.45) is 0 Å². The first-order chi connectivity index (χ1) is 13.1. The molecule has 0 aliphatic rings. The van der Waals surface area contributed by atoms with E-state index in [0.29, 0.717) is 13.1 Å². The molecule has 0 saturated carbocycles. The zero-order valence-electron chi connectivity index (χ0n) is 14.8. The lowest BCUT2D eigenvalue weighted by molar-refractivity contribution is -0.439. The summed E-state index contributed by atoms with van der Waals surface area (Å²) in [6.07, 6.45) is -16.0. The van der Waals surface area contributed by atoms with E-state index in [4.69, 9.17) is 0 Å². The van der Waals surface area contributed by atoms with Gasteiger partial charge in [0.25, 0.3) is 0 Å². The van der Waals surface area contributed by atoms with Gasteiger partial charge in [0.1, 0.15) is 0 Å². The third kappa shape index (κ3) is 5.32. The van der Waals surface area contributed by atoms with Gasteiger partial charge in [-0.25, -0.2) is 4.79 Å². The average molecular weight is 518 g/mol. The first kappa shape index (κ1) is 29.6. The quantitative estimate of drug-likeness (QED) is 0.274. The zero-order chi connectivity index (χ0) is 25.7. The minimum atomic E-state index is -8.07. The molecule has 186 valence electrons. The van der Waals surface area contributed by atoms with Crippen LogP contribution in [0, 0.1) is 0 Å². The molecule has 0 N–H and O–H groups in total. The highest BCUT2D eigenvalue weighted by Crippen LogP contribution is 2.60. The van der Waals surface area contributed by atoms with Crippen LogP contribution in [0.1, 0.15) is 6.42 Å². The van der Waals surface area contributed by atoms with Crippen molar-refractivity contribution in [3.8, 4) is 0 Å². The number of carbonyl (C=O) groups is 1. The van der Waals surface area contributed by atoms with E-state index in [1.165, 1.54) is 0 Å². The molecule has 0 atom stereocenters. The molecule has 2 nitrogen and oxygen atoms in total. The SMILES string of the molecule is C[Si](C)(CCC(F)(F)C(F)(F)C(F)(F)C(F)(F)C(F)(F)C(F)(F)F)OC(=O)C(F)(F)F. The molecule has 0 aliphatic heterocycles. The number of carbonyl (C=O) groups excluding carboxylic acids is 1. The molecule has 0 amide bonds. The highest BCUT2D eigenvalue weighted by Gasteiger charge is 2.90. The van der Waals surface area contributed by atoms with E-state index in [1.807, 2.05) is 0 Å². The number of rotatable bonds is 8. The number of hydrogen-bond donors (Lipinski definition) is 0. The predicted molar refractivity (Wildman–Crippen MR) is 69.8 cm³/mol. The summed E-state index contributed by atoms with van der Waals surface area (Å²) < 4.78 is 208. The molecule has 0 heterocycles. The van der Waals surface area contributed by atoms with Crippen LogP contribution in [-0.4, -0.2) is 56.3 Å². The Hall–Kier alpha value is -1.43. The lowest BCUT2D eigenvalue weighted by Gasteiger charge is -2.40. The molecular weight excluding hydrogens is 508 g/mol. The summed E-state index contributed by atoms with van der Waals surface area (Å²) in [5.74, 6) is -40.9. The van der Waals surface area contributed by atoms with Crippen LogP contribution < -0.4 is 0 Å². The second kappa shape index (κ2) is 7.86. The molecule has 31 heavy (non-hydrogen) atoms. The van der Waals surface area contributed by atoms with Gasteiger partial charge in [0, 0.05) is 6.42 Å². The second-order valence-corrected chi connectivity index (χ2v) is 10.9. The van der Waals surface area contributed by atoms with Crippen LogP contribution in [0.3, 0.4) is 0 Å². The Morgan fingerprint density at radius 3 is 1.32 bits per heavy atom. The van der Waals surface area contributed by atoms with E-state index < -0.39 is 68.7 Å².